The molecule has 6 heteroatoms. The number of nitrogens with zero attached hydrogens (tertiary/aromatic N) is 2. The largest absolute Gasteiger partial charge is 0.497 e. The van der Waals surface area contributed by atoms with E-state index in [2.05, 4.69) is 29.2 Å². The quantitative estimate of drug-likeness (QED) is 0.444. The van der Waals surface area contributed by atoms with Crippen molar-refractivity contribution in [2.45, 2.75) is 31.6 Å². The first-order valence-electron chi connectivity index (χ1n) is 10.5. The fourth-order valence-corrected chi connectivity index (χ4v) is 5.46. The van der Waals surface area contributed by atoms with Crippen LogP contribution in [0.25, 0.3) is 21.5 Å². The molecule has 2 heterocycles. The Kier molecular flexibility index (Phi) is 5.24. The van der Waals surface area contributed by atoms with Crippen molar-refractivity contribution in [1.82, 2.24) is 9.97 Å². The minimum absolute atomic E-state index is 0.398. The smallest absolute Gasteiger partial charge is 0.182 e. The van der Waals surface area contributed by atoms with Gasteiger partial charge in [-0.05, 0) is 72.6 Å². The SMILES string of the molecule is COc1ccc(CC2CCCc3nc4nc(N)sc4c(-c4ccc(OC)cc4)c32)cc1. The Bertz CT molecular complexity index is 1220. The van der Waals surface area contributed by atoms with E-state index in [0.717, 1.165) is 58.8 Å². The number of benzene rings is 2. The average Bonchev–Trinajstić information content (AvgIpc) is 3.18. The van der Waals surface area contributed by atoms with Gasteiger partial charge >= 0.3 is 0 Å². The number of pyridine rings is 1. The van der Waals surface area contributed by atoms with Crippen molar-refractivity contribution < 1.29 is 9.47 Å². The molecular formula is C25H25N3O2S. The molecule has 0 aliphatic heterocycles. The first kappa shape index (κ1) is 19.8. The van der Waals surface area contributed by atoms with Crippen LogP contribution < -0.4 is 15.2 Å². The number of rotatable bonds is 5. The summed E-state index contributed by atoms with van der Waals surface area (Å²) in [6, 6.07) is 16.7. The lowest BCUT2D eigenvalue weighted by Crippen LogP contribution is -2.15. The van der Waals surface area contributed by atoms with E-state index in [0.29, 0.717) is 11.0 Å². The Morgan fingerprint density at radius 1 is 0.968 bits per heavy atom. The molecule has 5 nitrogen and oxygen atoms in total. The van der Waals surface area contributed by atoms with Gasteiger partial charge in [-0.3, -0.25) is 0 Å². The van der Waals surface area contributed by atoms with Crippen LogP contribution in [-0.2, 0) is 12.8 Å². The fourth-order valence-electron chi connectivity index (χ4n) is 4.61. The highest BCUT2D eigenvalue weighted by molar-refractivity contribution is 7.22. The number of aromatic nitrogens is 2. The maximum atomic E-state index is 6.10. The highest BCUT2D eigenvalue weighted by atomic mass is 32.1. The normalized spacial score (nSPS) is 15.6. The van der Waals surface area contributed by atoms with Crippen molar-refractivity contribution >= 4 is 26.8 Å². The lowest BCUT2D eigenvalue weighted by atomic mass is 9.78. The van der Waals surface area contributed by atoms with Gasteiger partial charge in [0, 0.05) is 11.3 Å². The molecular weight excluding hydrogens is 406 g/mol. The zero-order chi connectivity index (χ0) is 21.4. The van der Waals surface area contributed by atoms with Crippen LogP contribution in [-0.4, -0.2) is 24.2 Å². The van der Waals surface area contributed by atoms with E-state index in [1.54, 1.807) is 14.2 Å². The Hall–Kier alpha value is -3.12. The van der Waals surface area contributed by atoms with E-state index < -0.39 is 0 Å². The molecule has 0 amide bonds. The van der Waals surface area contributed by atoms with Crippen LogP contribution in [0.5, 0.6) is 11.5 Å². The van der Waals surface area contributed by atoms with E-state index in [1.807, 2.05) is 24.3 Å². The average molecular weight is 432 g/mol. The Balaban J connectivity index is 1.65. The molecule has 0 fully saturated rings. The number of nitrogen functional groups attached to an aromatic ring is 1. The number of nitrogens with two attached hydrogens (primary N) is 1. The first-order chi connectivity index (χ1) is 15.2. The summed E-state index contributed by atoms with van der Waals surface area (Å²) in [5, 5.41) is 0.561. The number of aryl methyl sites for hydroxylation is 1. The number of fused-ring (bicyclic) bond motifs is 2. The molecule has 4 aromatic rings. The second-order valence-corrected chi connectivity index (χ2v) is 8.95. The first-order valence-corrected chi connectivity index (χ1v) is 11.3. The zero-order valence-corrected chi connectivity index (χ0v) is 18.5. The summed E-state index contributed by atoms with van der Waals surface area (Å²) in [5.41, 5.74) is 13.1. The molecule has 0 saturated heterocycles. The molecule has 2 aromatic heterocycles. The third-order valence-electron chi connectivity index (χ3n) is 6.07. The van der Waals surface area contributed by atoms with Gasteiger partial charge in [-0.1, -0.05) is 35.6 Å². The van der Waals surface area contributed by atoms with Crippen molar-refractivity contribution in [1.29, 1.82) is 0 Å². The molecule has 1 aliphatic carbocycles. The Labute approximate surface area is 185 Å². The van der Waals surface area contributed by atoms with E-state index >= 15 is 0 Å². The van der Waals surface area contributed by atoms with Crippen molar-refractivity contribution in [2.75, 3.05) is 20.0 Å². The summed E-state index contributed by atoms with van der Waals surface area (Å²) in [6.45, 7) is 0. The standard InChI is InChI=1S/C25H25N3O2S/c1-29-18-10-6-15(7-11-18)14-17-4-3-5-20-21(17)22(16-8-12-19(30-2)13-9-16)23-24(27-20)28-25(26)31-23/h6-13,17H,3-5,14H2,1-2H3,(H2,26,27,28). The maximum absolute atomic E-state index is 6.10. The molecule has 0 bridgehead atoms. The summed E-state index contributed by atoms with van der Waals surface area (Å²) >= 11 is 1.53. The molecule has 1 atom stereocenters. The molecule has 2 aromatic carbocycles. The third kappa shape index (κ3) is 3.72. The van der Waals surface area contributed by atoms with E-state index in [-0.39, 0.29) is 0 Å². The molecule has 0 radical (unpaired) electrons. The van der Waals surface area contributed by atoms with Gasteiger partial charge in [0.25, 0.3) is 0 Å². The van der Waals surface area contributed by atoms with Crippen molar-refractivity contribution in [3.05, 3.63) is 65.4 Å². The highest BCUT2D eigenvalue weighted by Gasteiger charge is 2.28. The van der Waals surface area contributed by atoms with Gasteiger partial charge in [-0.15, -0.1) is 0 Å². The van der Waals surface area contributed by atoms with Crippen LogP contribution in [0, 0.1) is 0 Å². The molecule has 0 saturated carbocycles. The van der Waals surface area contributed by atoms with E-state index in [4.69, 9.17) is 20.2 Å². The van der Waals surface area contributed by atoms with Crippen LogP contribution in [0.2, 0.25) is 0 Å². The lowest BCUT2D eigenvalue weighted by molar-refractivity contribution is 0.414. The summed E-state index contributed by atoms with van der Waals surface area (Å²) in [4.78, 5) is 9.47. The number of methoxy groups -OCH3 is 2. The summed E-state index contributed by atoms with van der Waals surface area (Å²) in [5.74, 6) is 2.13. The second kappa shape index (κ2) is 8.19. The number of anilines is 1. The van der Waals surface area contributed by atoms with Crippen molar-refractivity contribution in [2.24, 2.45) is 0 Å². The van der Waals surface area contributed by atoms with Crippen molar-refractivity contribution in [3.8, 4) is 22.6 Å². The molecule has 2 N–H and O–H groups in total. The van der Waals surface area contributed by atoms with E-state index in [1.165, 1.54) is 28.0 Å². The van der Waals surface area contributed by atoms with Gasteiger partial charge in [0.05, 0.1) is 18.9 Å². The number of ether oxygens (including phenoxy) is 2. The third-order valence-corrected chi connectivity index (χ3v) is 6.96. The molecule has 158 valence electrons. The van der Waals surface area contributed by atoms with Crippen LogP contribution in [0.15, 0.2) is 48.5 Å². The highest BCUT2D eigenvalue weighted by Crippen LogP contribution is 2.45. The Morgan fingerprint density at radius 2 is 1.65 bits per heavy atom. The maximum Gasteiger partial charge on any atom is 0.182 e. The van der Waals surface area contributed by atoms with E-state index in [9.17, 15) is 0 Å². The van der Waals surface area contributed by atoms with Crippen LogP contribution in [0.4, 0.5) is 5.13 Å². The van der Waals surface area contributed by atoms with Gasteiger partial charge in [0.2, 0.25) is 0 Å². The van der Waals surface area contributed by atoms with Gasteiger partial charge in [-0.2, -0.15) is 0 Å². The number of hydrogen-bond donors (Lipinski definition) is 1. The van der Waals surface area contributed by atoms with Gasteiger partial charge in [0.1, 0.15) is 11.5 Å². The monoisotopic (exact) mass is 431 g/mol. The molecule has 1 aliphatic rings. The van der Waals surface area contributed by atoms with Crippen LogP contribution in [0.1, 0.15) is 35.6 Å². The zero-order valence-electron chi connectivity index (χ0n) is 17.7. The predicted molar refractivity (Wildman–Crippen MR) is 126 cm³/mol. The van der Waals surface area contributed by atoms with Gasteiger partial charge in [0.15, 0.2) is 10.8 Å². The lowest BCUT2D eigenvalue weighted by Gasteiger charge is -2.28. The van der Waals surface area contributed by atoms with Gasteiger partial charge in [-0.25, -0.2) is 9.97 Å². The second-order valence-electron chi connectivity index (χ2n) is 7.92. The Morgan fingerprint density at radius 3 is 2.32 bits per heavy atom. The van der Waals surface area contributed by atoms with Gasteiger partial charge < -0.3 is 15.2 Å². The molecule has 1 unspecified atom stereocenters. The summed E-state index contributed by atoms with van der Waals surface area (Å²) in [6.07, 6.45) is 4.23. The minimum atomic E-state index is 0.398. The molecule has 31 heavy (non-hydrogen) atoms. The minimum Gasteiger partial charge on any atom is -0.497 e. The number of thiazole rings is 1. The van der Waals surface area contributed by atoms with Crippen LogP contribution >= 0.6 is 11.3 Å². The number of hydrogen-bond acceptors (Lipinski definition) is 6. The topological polar surface area (TPSA) is 70.3 Å². The molecule has 5 rings (SSSR count). The van der Waals surface area contributed by atoms with Crippen molar-refractivity contribution in [3.63, 3.8) is 0 Å². The fraction of sp³-hybridized carbons (Fsp3) is 0.280. The summed E-state index contributed by atoms with van der Waals surface area (Å²) < 4.78 is 11.8. The molecule has 0 spiro atoms. The summed E-state index contributed by atoms with van der Waals surface area (Å²) in [7, 11) is 3.39. The van der Waals surface area contributed by atoms with Crippen LogP contribution in [0.3, 0.4) is 0 Å². The predicted octanol–water partition coefficient (Wildman–Crippen LogP) is 5.62.